The van der Waals surface area contributed by atoms with Gasteiger partial charge in [-0.2, -0.15) is 0 Å². The van der Waals surface area contributed by atoms with Crippen LogP contribution >= 0.6 is 0 Å². The van der Waals surface area contributed by atoms with E-state index in [1.54, 1.807) is 17.0 Å². The van der Waals surface area contributed by atoms with Crippen molar-refractivity contribution in [1.29, 1.82) is 0 Å². The number of imide groups is 1. The van der Waals surface area contributed by atoms with Gasteiger partial charge in [-0.1, -0.05) is 30.3 Å². The first-order valence-electron chi connectivity index (χ1n) is 9.79. The van der Waals surface area contributed by atoms with Crippen molar-refractivity contribution in [3.63, 3.8) is 0 Å². The molecule has 2 aromatic rings. The topological polar surface area (TPSA) is 90.4 Å². The average molecular weight is 409 g/mol. The van der Waals surface area contributed by atoms with Crippen LogP contribution in [0.1, 0.15) is 18.4 Å². The molecule has 1 N–H and O–H groups in total. The predicted molar refractivity (Wildman–Crippen MR) is 109 cm³/mol. The number of likely N-dealkylation sites (tertiary alicyclic amines) is 1. The summed E-state index contributed by atoms with van der Waals surface area (Å²) < 4.78 is 5.40. The number of rotatable bonds is 3. The first-order chi connectivity index (χ1) is 14.4. The molecule has 4 rings (SSSR count). The highest BCUT2D eigenvalue weighted by molar-refractivity contribution is 6.16. The number of phenolic OH excluding ortho intramolecular Hbond substituents is 1. The lowest BCUT2D eigenvalue weighted by atomic mass is 9.85. The molecule has 2 aliphatic rings. The van der Waals surface area contributed by atoms with Gasteiger partial charge in [0, 0.05) is 25.8 Å². The maximum Gasteiger partial charge on any atom is 0.410 e. The fraction of sp³-hybridized carbons (Fsp3) is 0.318. The molecule has 156 valence electrons. The minimum absolute atomic E-state index is 0.0788. The number of carbonyl (C=O) groups excluding carboxylic acids is 3. The molecular formula is C22H23N3O5. The summed E-state index contributed by atoms with van der Waals surface area (Å²) in [4.78, 5) is 42.5. The molecule has 2 fully saturated rings. The fourth-order valence-corrected chi connectivity index (χ4v) is 4.09. The molecule has 4 amide bonds. The van der Waals surface area contributed by atoms with Crippen LogP contribution in [0, 0.1) is 0 Å². The van der Waals surface area contributed by atoms with Gasteiger partial charge in [-0.05, 0) is 42.7 Å². The Morgan fingerprint density at radius 3 is 2.30 bits per heavy atom. The number of likely N-dealkylation sites (N-methyl/N-ethyl adjacent to an activating group) is 1. The molecule has 0 aliphatic carbocycles. The minimum atomic E-state index is -1.04. The second-order valence-electron chi connectivity index (χ2n) is 7.56. The van der Waals surface area contributed by atoms with Gasteiger partial charge in [0.05, 0.1) is 0 Å². The summed E-state index contributed by atoms with van der Waals surface area (Å²) in [5.41, 5.74) is 0.394. The highest BCUT2D eigenvalue weighted by Crippen LogP contribution is 2.40. The van der Waals surface area contributed by atoms with E-state index in [9.17, 15) is 19.5 Å². The molecule has 0 radical (unpaired) electrons. The van der Waals surface area contributed by atoms with Crippen molar-refractivity contribution in [3.05, 3.63) is 60.2 Å². The lowest BCUT2D eigenvalue weighted by molar-refractivity contribution is -0.131. The first kappa shape index (κ1) is 19.8. The maximum atomic E-state index is 13.0. The quantitative estimate of drug-likeness (QED) is 0.787. The number of piperidine rings is 1. The van der Waals surface area contributed by atoms with Crippen LogP contribution in [0.25, 0.3) is 0 Å². The Labute approximate surface area is 174 Å². The smallest absolute Gasteiger partial charge is 0.410 e. The first-order valence-corrected chi connectivity index (χ1v) is 9.79. The van der Waals surface area contributed by atoms with Crippen molar-refractivity contribution in [2.75, 3.05) is 25.0 Å². The molecule has 0 bridgehead atoms. The summed E-state index contributed by atoms with van der Waals surface area (Å²) in [7, 11) is 1.47. The zero-order chi connectivity index (χ0) is 21.3. The van der Waals surface area contributed by atoms with E-state index in [1.807, 2.05) is 30.3 Å². The second kappa shape index (κ2) is 7.70. The van der Waals surface area contributed by atoms with E-state index in [0.717, 1.165) is 10.5 Å². The Balaban J connectivity index is 1.48. The molecule has 2 heterocycles. The third kappa shape index (κ3) is 3.34. The Bertz CT molecular complexity index is 952. The number of urea groups is 1. The Hall–Kier alpha value is -3.55. The normalized spacial score (nSPS) is 18.2. The van der Waals surface area contributed by atoms with Gasteiger partial charge in [0.2, 0.25) is 0 Å². The lowest BCUT2D eigenvalue weighted by Gasteiger charge is -2.41. The Morgan fingerprint density at radius 2 is 1.67 bits per heavy atom. The standard InChI is InChI=1S/C22H23N3O5/c1-23-19(27)22(25(20(23)28)17-7-9-18(26)10-8-17)11-13-24(14-12-22)21(29)30-15-16-5-3-2-4-6-16/h2-10,26H,11-15H2,1H3. The Morgan fingerprint density at radius 1 is 1.03 bits per heavy atom. The SMILES string of the molecule is CN1C(=O)N(c2ccc(O)cc2)C2(CCN(C(=O)OCc3ccccc3)CC2)C1=O. The van der Waals surface area contributed by atoms with Gasteiger partial charge in [-0.25, -0.2) is 9.59 Å². The van der Waals surface area contributed by atoms with Crippen molar-refractivity contribution in [2.45, 2.75) is 25.0 Å². The van der Waals surface area contributed by atoms with E-state index in [-0.39, 0.29) is 18.3 Å². The van der Waals surface area contributed by atoms with Crippen LogP contribution < -0.4 is 4.90 Å². The van der Waals surface area contributed by atoms with E-state index < -0.39 is 17.7 Å². The molecule has 2 aliphatic heterocycles. The molecule has 0 aromatic heterocycles. The van der Waals surface area contributed by atoms with Gasteiger partial charge >= 0.3 is 12.1 Å². The van der Waals surface area contributed by atoms with Gasteiger partial charge in [0.1, 0.15) is 17.9 Å². The lowest BCUT2D eigenvalue weighted by Crippen LogP contribution is -2.57. The molecule has 8 nitrogen and oxygen atoms in total. The second-order valence-corrected chi connectivity index (χ2v) is 7.56. The van der Waals surface area contributed by atoms with Crippen molar-refractivity contribution in [1.82, 2.24) is 9.80 Å². The van der Waals surface area contributed by atoms with Crippen LogP contribution in [0.4, 0.5) is 15.3 Å². The molecule has 0 saturated carbocycles. The van der Waals surface area contributed by atoms with Gasteiger partial charge in [0.15, 0.2) is 0 Å². The fourth-order valence-electron chi connectivity index (χ4n) is 4.09. The van der Waals surface area contributed by atoms with Gasteiger partial charge in [-0.15, -0.1) is 0 Å². The summed E-state index contributed by atoms with van der Waals surface area (Å²) in [6.07, 6.45) is 0.182. The number of aromatic hydroxyl groups is 1. The summed E-state index contributed by atoms with van der Waals surface area (Å²) >= 11 is 0. The summed E-state index contributed by atoms with van der Waals surface area (Å²) in [6, 6.07) is 15.2. The minimum Gasteiger partial charge on any atom is -0.508 e. The molecule has 0 atom stereocenters. The number of nitrogens with zero attached hydrogens (tertiary/aromatic N) is 3. The predicted octanol–water partition coefficient (Wildman–Crippen LogP) is 2.96. The molecule has 30 heavy (non-hydrogen) atoms. The zero-order valence-corrected chi connectivity index (χ0v) is 16.7. The van der Waals surface area contributed by atoms with Crippen LogP contribution in [0.2, 0.25) is 0 Å². The van der Waals surface area contributed by atoms with Crippen LogP contribution in [-0.4, -0.2) is 58.6 Å². The molecule has 2 saturated heterocycles. The van der Waals surface area contributed by atoms with Crippen LogP contribution in [-0.2, 0) is 16.1 Å². The third-order valence-electron chi connectivity index (χ3n) is 5.77. The number of benzene rings is 2. The number of anilines is 1. The van der Waals surface area contributed by atoms with E-state index >= 15 is 0 Å². The van der Waals surface area contributed by atoms with Crippen molar-refractivity contribution in [2.24, 2.45) is 0 Å². The van der Waals surface area contributed by atoms with Crippen molar-refractivity contribution in [3.8, 4) is 5.75 Å². The van der Waals surface area contributed by atoms with E-state index in [0.29, 0.717) is 31.6 Å². The largest absolute Gasteiger partial charge is 0.508 e. The number of hydrogen-bond donors (Lipinski definition) is 1. The number of phenols is 1. The van der Waals surface area contributed by atoms with Gasteiger partial charge in [-0.3, -0.25) is 14.6 Å². The van der Waals surface area contributed by atoms with Crippen LogP contribution in [0.15, 0.2) is 54.6 Å². The monoisotopic (exact) mass is 409 g/mol. The molecule has 2 aromatic carbocycles. The number of carbonyl (C=O) groups is 3. The molecular weight excluding hydrogens is 386 g/mol. The molecule has 8 heteroatoms. The number of amides is 4. The summed E-state index contributed by atoms with van der Waals surface area (Å²) in [6.45, 7) is 0.783. The zero-order valence-electron chi connectivity index (χ0n) is 16.7. The Kier molecular flexibility index (Phi) is 5.07. The maximum absolute atomic E-state index is 13.0. The summed E-state index contributed by atoms with van der Waals surface area (Å²) in [5, 5.41) is 9.56. The number of ether oxygens (including phenoxy) is 1. The molecule has 0 unspecified atom stereocenters. The highest BCUT2D eigenvalue weighted by atomic mass is 16.6. The summed E-state index contributed by atoms with van der Waals surface area (Å²) in [5.74, 6) is -0.201. The van der Waals surface area contributed by atoms with E-state index in [2.05, 4.69) is 0 Å². The van der Waals surface area contributed by atoms with Crippen molar-refractivity contribution >= 4 is 23.7 Å². The van der Waals surface area contributed by atoms with Crippen LogP contribution in [0.3, 0.4) is 0 Å². The van der Waals surface area contributed by atoms with E-state index in [1.165, 1.54) is 24.1 Å². The molecule has 1 spiro atoms. The third-order valence-corrected chi connectivity index (χ3v) is 5.77. The van der Waals surface area contributed by atoms with Crippen LogP contribution in [0.5, 0.6) is 5.75 Å². The van der Waals surface area contributed by atoms with Gasteiger partial charge in [0.25, 0.3) is 5.91 Å². The highest BCUT2D eigenvalue weighted by Gasteiger charge is 2.57. The average Bonchev–Trinajstić information content (AvgIpc) is 2.95. The van der Waals surface area contributed by atoms with Crippen molar-refractivity contribution < 1.29 is 24.2 Å². The number of hydrogen-bond acceptors (Lipinski definition) is 5. The van der Waals surface area contributed by atoms with Gasteiger partial charge < -0.3 is 14.7 Å². The van der Waals surface area contributed by atoms with E-state index in [4.69, 9.17) is 4.74 Å².